The minimum Gasteiger partial charge on any atom is -0.395 e. The summed E-state index contributed by atoms with van der Waals surface area (Å²) in [5, 5.41) is 9.13. The average molecular weight is 264 g/mol. The molecule has 0 saturated carbocycles. The molecular formula is C10H14ClNO3S. The summed E-state index contributed by atoms with van der Waals surface area (Å²) in [5.41, 5.74) is 0.824. The van der Waals surface area contributed by atoms with Crippen LogP contribution in [0.15, 0.2) is 23.1 Å². The predicted molar refractivity (Wildman–Crippen MR) is 63.1 cm³/mol. The molecule has 1 aromatic carbocycles. The Morgan fingerprint density at radius 3 is 2.56 bits per heavy atom. The van der Waals surface area contributed by atoms with Crippen LogP contribution in [0, 0.1) is 6.92 Å². The highest BCUT2D eigenvalue weighted by Crippen LogP contribution is 2.21. The first kappa shape index (κ1) is 13.4. The van der Waals surface area contributed by atoms with Crippen LogP contribution in [0.25, 0.3) is 0 Å². The summed E-state index contributed by atoms with van der Waals surface area (Å²) < 4.78 is 25.0. The Hall–Kier alpha value is -0.620. The Morgan fingerprint density at radius 1 is 1.44 bits per heavy atom. The summed E-state index contributed by atoms with van der Waals surface area (Å²) >= 11 is 5.87. The Labute approximate surface area is 101 Å². The molecule has 4 nitrogen and oxygen atoms in total. The van der Waals surface area contributed by atoms with E-state index >= 15 is 0 Å². The Morgan fingerprint density at radius 2 is 2.06 bits per heavy atom. The fourth-order valence-electron chi connectivity index (χ4n) is 1.17. The Bertz CT molecular complexity index is 473. The zero-order chi connectivity index (χ0) is 12.3. The molecule has 0 radical (unpaired) electrons. The molecule has 0 aliphatic heterocycles. The van der Waals surface area contributed by atoms with Gasteiger partial charge in [-0.1, -0.05) is 17.7 Å². The van der Waals surface area contributed by atoms with Crippen molar-refractivity contribution in [3.05, 3.63) is 28.8 Å². The summed E-state index contributed by atoms with van der Waals surface area (Å²) in [6, 6.07) is 4.58. The predicted octanol–water partition coefficient (Wildman–Crippen LogP) is 1.26. The SMILES string of the molecule is Cc1ccc(S(=O)(=O)N(C)CCO)cc1Cl. The number of benzene rings is 1. The lowest BCUT2D eigenvalue weighted by Crippen LogP contribution is -2.29. The molecule has 6 heteroatoms. The van der Waals surface area contributed by atoms with Gasteiger partial charge in [0, 0.05) is 18.6 Å². The summed E-state index contributed by atoms with van der Waals surface area (Å²) in [7, 11) is -2.14. The molecule has 90 valence electrons. The first-order chi connectivity index (χ1) is 7.39. The third kappa shape index (κ3) is 2.74. The van der Waals surface area contributed by atoms with Gasteiger partial charge in [0.05, 0.1) is 11.5 Å². The third-order valence-corrected chi connectivity index (χ3v) is 4.53. The van der Waals surface area contributed by atoms with E-state index in [0.29, 0.717) is 5.02 Å². The smallest absolute Gasteiger partial charge is 0.242 e. The molecule has 1 rings (SSSR count). The van der Waals surface area contributed by atoms with E-state index in [0.717, 1.165) is 9.87 Å². The Kier molecular flexibility index (Phi) is 4.32. The van der Waals surface area contributed by atoms with E-state index < -0.39 is 10.0 Å². The van der Waals surface area contributed by atoms with Gasteiger partial charge in [-0.25, -0.2) is 8.42 Å². The molecule has 0 amide bonds. The van der Waals surface area contributed by atoms with Crippen molar-refractivity contribution in [1.29, 1.82) is 0 Å². The normalized spacial score (nSPS) is 12.1. The highest BCUT2D eigenvalue weighted by atomic mass is 35.5. The maximum Gasteiger partial charge on any atom is 0.242 e. The van der Waals surface area contributed by atoms with Gasteiger partial charge >= 0.3 is 0 Å². The maximum atomic E-state index is 11.9. The quantitative estimate of drug-likeness (QED) is 0.890. The van der Waals surface area contributed by atoms with Gasteiger partial charge in [0.1, 0.15) is 0 Å². The van der Waals surface area contributed by atoms with E-state index in [1.807, 2.05) is 0 Å². The molecule has 0 heterocycles. The van der Waals surface area contributed by atoms with Crippen LogP contribution in [0.3, 0.4) is 0 Å². The molecular weight excluding hydrogens is 250 g/mol. The van der Waals surface area contributed by atoms with Gasteiger partial charge in [-0.15, -0.1) is 0 Å². The topological polar surface area (TPSA) is 57.6 Å². The van der Waals surface area contributed by atoms with Crippen LogP contribution >= 0.6 is 11.6 Å². The van der Waals surface area contributed by atoms with E-state index in [1.165, 1.54) is 19.2 Å². The van der Waals surface area contributed by atoms with E-state index in [-0.39, 0.29) is 18.0 Å². The fourth-order valence-corrected chi connectivity index (χ4v) is 2.61. The number of rotatable bonds is 4. The number of likely N-dealkylation sites (N-methyl/N-ethyl adjacent to an activating group) is 1. The van der Waals surface area contributed by atoms with Gasteiger partial charge in [0.25, 0.3) is 0 Å². The second-order valence-corrected chi connectivity index (χ2v) is 5.91. The lowest BCUT2D eigenvalue weighted by Gasteiger charge is -2.16. The van der Waals surface area contributed by atoms with Crippen molar-refractivity contribution in [1.82, 2.24) is 4.31 Å². The standard InChI is InChI=1S/C10H14ClNO3S/c1-8-3-4-9(7-10(8)11)16(14,15)12(2)5-6-13/h3-4,7,13H,5-6H2,1-2H3. The maximum absolute atomic E-state index is 11.9. The van der Waals surface area contributed by atoms with E-state index in [1.54, 1.807) is 13.0 Å². The molecule has 1 aromatic rings. The van der Waals surface area contributed by atoms with Crippen LogP contribution in [0.2, 0.25) is 5.02 Å². The monoisotopic (exact) mass is 263 g/mol. The van der Waals surface area contributed by atoms with Crippen molar-refractivity contribution in [2.24, 2.45) is 0 Å². The number of hydrogen-bond donors (Lipinski definition) is 1. The molecule has 0 aliphatic rings. The molecule has 0 atom stereocenters. The number of aliphatic hydroxyl groups is 1. The summed E-state index contributed by atoms with van der Waals surface area (Å²) in [5.74, 6) is 0. The highest BCUT2D eigenvalue weighted by Gasteiger charge is 2.20. The van der Waals surface area contributed by atoms with Gasteiger partial charge in [0.15, 0.2) is 0 Å². The summed E-state index contributed by atoms with van der Waals surface area (Å²) in [4.78, 5) is 0.138. The van der Waals surface area contributed by atoms with Crippen molar-refractivity contribution in [3.8, 4) is 0 Å². The number of aryl methyl sites for hydroxylation is 1. The van der Waals surface area contributed by atoms with Crippen molar-refractivity contribution in [2.45, 2.75) is 11.8 Å². The molecule has 0 fully saturated rings. The van der Waals surface area contributed by atoms with Crippen LogP contribution in [-0.4, -0.2) is 38.0 Å². The van der Waals surface area contributed by atoms with Gasteiger partial charge in [0.2, 0.25) is 10.0 Å². The van der Waals surface area contributed by atoms with Crippen LogP contribution in [0.4, 0.5) is 0 Å². The van der Waals surface area contributed by atoms with Gasteiger partial charge < -0.3 is 5.11 Å². The average Bonchev–Trinajstić information content (AvgIpc) is 2.22. The molecule has 0 bridgehead atoms. The van der Waals surface area contributed by atoms with Crippen molar-refractivity contribution >= 4 is 21.6 Å². The van der Waals surface area contributed by atoms with Crippen molar-refractivity contribution in [3.63, 3.8) is 0 Å². The molecule has 0 saturated heterocycles. The number of aliphatic hydroxyl groups excluding tert-OH is 1. The lowest BCUT2D eigenvalue weighted by atomic mass is 10.2. The van der Waals surface area contributed by atoms with Crippen molar-refractivity contribution < 1.29 is 13.5 Å². The second-order valence-electron chi connectivity index (χ2n) is 3.46. The van der Waals surface area contributed by atoms with Crippen LogP contribution in [0.5, 0.6) is 0 Å². The minimum absolute atomic E-state index is 0.0633. The molecule has 16 heavy (non-hydrogen) atoms. The summed E-state index contributed by atoms with van der Waals surface area (Å²) in [6.45, 7) is 1.65. The van der Waals surface area contributed by atoms with Crippen LogP contribution < -0.4 is 0 Å². The van der Waals surface area contributed by atoms with E-state index in [2.05, 4.69) is 0 Å². The van der Waals surface area contributed by atoms with Crippen molar-refractivity contribution in [2.75, 3.05) is 20.2 Å². The molecule has 1 N–H and O–H groups in total. The van der Waals surface area contributed by atoms with Gasteiger partial charge in [-0.3, -0.25) is 0 Å². The minimum atomic E-state index is -3.55. The zero-order valence-electron chi connectivity index (χ0n) is 9.14. The molecule has 0 aliphatic carbocycles. The first-order valence-electron chi connectivity index (χ1n) is 4.73. The molecule has 0 aromatic heterocycles. The second kappa shape index (κ2) is 5.14. The zero-order valence-corrected chi connectivity index (χ0v) is 10.7. The van der Waals surface area contributed by atoms with E-state index in [9.17, 15) is 8.42 Å². The number of hydrogen-bond acceptors (Lipinski definition) is 3. The lowest BCUT2D eigenvalue weighted by molar-refractivity contribution is 0.266. The molecule has 0 unspecified atom stereocenters. The van der Waals surface area contributed by atoms with Crippen LogP contribution in [-0.2, 0) is 10.0 Å². The van der Waals surface area contributed by atoms with Crippen LogP contribution in [0.1, 0.15) is 5.56 Å². The first-order valence-corrected chi connectivity index (χ1v) is 6.54. The number of nitrogens with zero attached hydrogens (tertiary/aromatic N) is 1. The van der Waals surface area contributed by atoms with Gasteiger partial charge in [-0.05, 0) is 24.6 Å². The Balaban J connectivity index is 3.12. The fraction of sp³-hybridized carbons (Fsp3) is 0.400. The largest absolute Gasteiger partial charge is 0.395 e. The molecule has 0 spiro atoms. The van der Waals surface area contributed by atoms with Gasteiger partial charge in [-0.2, -0.15) is 4.31 Å². The highest BCUT2D eigenvalue weighted by molar-refractivity contribution is 7.89. The van der Waals surface area contributed by atoms with E-state index in [4.69, 9.17) is 16.7 Å². The number of sulfonamides is 1. The number of halogens is 1. The third-order valence-electron chi connectivity index (χ3n) is 2.27. The summed E-state index contributed by atoms with van der Waals surface area (Å²) in [6.07, 6.45) is 0.